The number of aromatic nitrogens is 2. The number of methoxy groups -OCH3 is 1. The van der Waals surface area contributed by atoms with E-state index in [4.69, 9.17) is 19.7 Å². The van der Waals surface area contributed by atoms with E-state index < -0.39 is 0 Å². The molecule has 0 aliphatic carbocycles. The van der Waals surface area contributed by atoms with Gasteiger partial charge in [0.25, 0.3) is 5.89 Å². The van der Waals surface area contributed by atoms with Crippen molar-refractivity contribution in [3.8, 4) is 17.2 Å². The summed E-state index contributed by atoms with van der Waals surface area (Å²) in [6.45, 7) is 0.821. The molecule has 0 bridgehead atoms. The van der Waals surface area contributed by atoms with Crippen molar-refractivity contribution in [2.45, 2.75) is 31.8 Å². The highest BCUT2D eigenvalue weighted by molar-refractivity contribution is 5.66. The zero-order chi connectivity index (χ0) is 14.7. The van der Waals surface area contributed by atoms with Crippen LogP contribution in [0, 0.1) is 0 Å². The molecule has 1 aliphatic rings. The number of hydrogen-bond acceptors (Lipinski definition) is 6. The number of nitrogens with zero attached hydrogens (tertiary/aromatic N) is 2. The first-order valence-electron chi connectivity index (χ1n) is 7.14. The quantitative estimate of drug-likeness (QED) is 0.870. The number of ether oxygens (including phenoxy) is 2. The Morgan fingerprint density at radius 1 is 1.38 bits per heavy atom. The maximum Gasteiger partial charge on any atom is 0.261 e. The first-order chi connectivity index (χ1) is 10.3. The summed E-state index contributed by atoms with van der Waals surface area (Å²) in [5.74, 6) is 1.73. The maximum absolute atomic E-state index is 5.75. The van der Waals surface area contributed by atoms with E-state index in [1.165, 1.54) is 6.42 Å². The van der Waals surface area contributed by atoms with E-state index in [1.807, 2.05) is 6.07 Å². The van der Waals surface area contributed by atoms with E-state index in [-0.39, 0.29) is 6.10 Å². The van der Waals surface area contributed by atoms with E-state index in [0.717, 1.165) is 25.0 Å². The van der Waals surface area contributed by atoms with Crippen LogP contribution in [0.1, 0.15) is 25.1 Å². The first-order valence-corrected chi connectivity index (χ1v) is 7.14. The molecule has 0 radical (unpaired) electrons. The second-order valence-electron chi connectivity index (χ2n) is 5.17. The molecule has 1 aliphatic heterocycles. The van der Waals surface area contributed by atoms with Crippen molar-refractivity contribution in [2.75, 3.05) is 19.5 Å². The molecule has 3 rings (SSSR count). The third-order valence-corrected chi connectivity index (χ3v) is 3.61. The molecule has 21 heavy (non-hydrogen) atoms. The van der Waals surface area contributed by atoms with Gasteiger partial charge in [0.05, 0.1) is 18.8 Å². The highest BCUT2D eigenvalue weighted by Crippen LogP contribution is 2.30. The molecule has 2 aromatic rings. The fraction of sp³-hybridized carbons (Fsp3) is 0.467. The molecule has 6 heteroatoms. The Balaban J connectivity index is 1.78. The average Bonchev–Trinajstić information content (AvgIpc) is 2.96. The number of rotatable bonds is 4. The summed E-state index contributed by atoms with van der Waals surface area (Å²) >= 11 is 0. The van der Waals surface area contributed by atoms with Crippen molar-refractivity contribution in [3.05, 3.63) is 24.0 Å². The van der Waals surface area contributed by atoms with Gasteiger partial charge in [-0.15, -0.1) is 0 Å². The van der Waals surface area contributed by atoms with Crippen molar-refractivity contribution in [2.24, 2.45) is 0 Å². The lowest BCUT2D eigenvalue weighted by molar-refractivity contribution is 0.0153. The van der Waals surface area contributed by atoms with Crippen LogP contribution in [0.25, 0.3) is 11.5 Å². The lowest BCUT2D eigenvalue weighted by atomic mass is 10.1. The van der Waals surface area contributed by atoms with Crippen molar-refractivity contribution < 1.29 is 14.0 Å². The zero-order valence-electron chi connectivity index (χ0n) is 12.0. The Hall–Kier alpha value is -2.08. The second-order valence-corrected chi connectivity index (χ2v) is 5.17. The topological polar surface area (TPSA) is 83.4 Å². The number of nitrogen functional groups attached to an aromatic ring is 1. The first kappa shape index (κ1) is 13.9. The standard InChI is InChI=1S/C15H19N3O3/c1-19-13-8-10(16)5-6-12(13)15-17-14(18-21-15)9-11-4-2-3-7-20-11/h5-6,8,11H,2-4,7,9,16H2,1H3. The fourth-order valence-corrected chi connectivity index (χ4v) is 2.50. The summed E-state index contributed by atoms with van der Waals surface area (Å²) in [5.41, 5.74) is 7.12. The van der Waals surface area contributed by atoms with Crippen LogP contribution >= 0.6 is 0 Å². The van der Waals surface area contributed by atoms with Crippen molar-refractivity contribution in [1.82, 2.24) is 10.1 Å². The summed E-state index contributed by atoms with van der Waals surface area (Å²) in [7, 11) is 1.59. The molecule has 112 valence electrons. The van der Waals surface area contributed by atoms with Gasteiger partial charge < -0.3 is 19.7 Å². The Kier molecular flexibility index (Phi) is 4.06. The van der Waals surface area contributed by atoms with Crippen molar-refractivity contribution in [1.29, 1.82) is 0 Å². The minimum absolute atomic E-state index is 0.192. The van der Waals surface area contributed by atoms with Crippen molar-refractivity contribution >= 4 is 5.69 Å². The van der Waals surface area contributed by atoms with E-state index in [0.29, 0.717) is 29.6 Å². The van der Waals surface area contributed by atoms with Crippen LogP contribution in [0.15, 0.2) is 22.7 Å². The second kappa shape index (κ2) is 6.13. The van der Waals surface area contributed by atoms with Gasteiger partial charge in [0, 0.05) is 24.8 Å². The number of benzene rings is 1. The molecule has 1 aromatic carbocycles. The Morgan fingerprint density at radius 2 is 2.29 bits per heavy atom. The van der Waals surface area contributed by atoms with Gasteiger partial charge in [0.15, 0.2) is 5.82 Å². The largest absolute Gasteiger partial charge is 0.496 e. The van der Waals surface area contributed by atoms with Gasteiger partial charge in [-0.2, -0.15) is 4.98 Å². The van der Waals surface area contributed by atoms with Gasteiger partial charge in [-0.1, -0.05) is 5.16 Å². The van der Waals surface area contributed by atoms with Crippen LogP contribution in [0.4, 0.5) is 5.69 Å². The summed E-state index contributed by atoms with van der Waals surface area (Å²) in [6.07, 6.45) is 4.26. The Morgan fingerprint density at radius 3 is 3.05 bits per heavy atom. The van der Waals surface area contributed by atoms with E-state index in [9.17, 15) is 0 Å². The monoisotopic (exact) mass is 289 g/mol. The van der Waals surface area contributed by atoms with Crippen LogP contribution in [0.3, 0.4) is 0 Å². The average molecular weight is 289 g/mol. The summed E-state index contributed by atoms with van der Waals surface area (Å²) in [5, 5.41) is 4.03. The highest BCUT2D eigenvalue weighted by atomic mass is 16.5. The van der Waals surface area contributed by atoms with Crippen LogP contribution in [-0.2, 0) is 11.2 Å². The molecular weight excluding hydrogens is 270 g/mol. The van der Waals surface area contributed by atoms with E-state index in [1.54, 1.807) is 19.2 Å². The predicted octanol–water partition coefficient (Wildman–Crippen LogP) is 2.44. The maximum atomic E-state index is 5.75. The molecule has 1 fully saturated rings. The van der Waals surface area contributed by atoms with Gasteiger partial charge in [0.2, 0.25) is 0 Å². The third kappa shape index (κ3) is 3.16. The van der Waals surface area contributed by atoms with E-state index >= 15 is 0 Å². The normalized spacial score (nSPS) is 18.6. The highest BCUT2D eigenvalue weighted by Gasteiger charge is 2.19. The molecule has 0 amide bonds. The van der Waals surface area contributed by atoms with Gasteiger partial charge in [0.1, 0.15) is 5.75 Å². The van der Waals surface area contributed by atoms with E-state index in [2.05, 4.69) is 10.1 Å². The SMILES string of the molecule is COc1cc(N)ccc1-c1nc(CC2CCCCO2)no1. The van der Waals surface area contributed by atoms with Crippen LogP contribution in [0.5, 0.6) is 5.75 Å². The smallest absolute Gasteiger partial charge is 0.261 e. The summed E-state index contributed by atoms with van der Waals surface area (Å²) < 4.78 is 16.3. The molecule has 0 saturated carbocycles. The minimum atomic E-state index is 0.192. The lowest BCUT2D eigenvalue weighted by Gasteiger charge is -2.20. The molecule has 6 nitrogen and oxygen atoms in total. The molecule has 2 N–H and O–H groups in total. The predicted molar refractivity (Wildman–Crippen MR) is 78.0 cm³/mol. The van der Waals surface area contributed by atoms with Crippen LogP contribution in [0.2, 0.25) is 0 Å². The summed E-state index contributed by atoms with van der Waals surface area (Å²) in [6, 6.07) is 5.35. The Bertz CT molecular complexity index is 606. The molecular formula is C15H19N3O3. The van der Waals surface area contributed by atoms with Crippen LogP contribution in [-0.4, -0.2) is 30.0 Å². The molecule has 1 atom stereocenters. The van der Waals surface area contributed by atoms with Gasteiger partial charge >= 0.3 is 0 Å². The zero-order valence-corrected chi connectivity index (χ0v) is 12.0. The summed E-state index contributed by atoms with van der Waals surface area (Å²) in [4.78, 5) is 4.43. The molecule has 1 unspecified atom stereocenters. The molecule has 1 saturated heterocycles. The molecule has 1 aromatic heterocycles. The fourth-order valence-electron chi connectivity index (χ4n) is 2.50. The molecule has 2 heterocycles. The molecule has 0 spiro atoms. The van der Waals surface area contributed by atoms with Crippen LogP contribution < -0.4 is 10.5 Å². The van der Waals surface area contributed by atoms with Gasteiger partial charge in [-0.3, -0.25) is 0 Å². The third-order valence-electron chi connectivity index (χ3n) is 3.61. The minimum Gasteiger partial charge on any atom is -0.496 e. The Labute approximate surface area is 123 Å². The number of hydrogen-bond donors (Lipinski definition) is 1. The number of anilines is 1. The van der Waals surface area contributed by atoms with Gasteiger partial charge in [-0.05, 0) is 31.4 Å². The lowest BCUT2D eigenvalue weighted by Crippen LogP contribution is -2.21. The number of nitrogens with two attached hydrogens (primary N) is 1. The van der Waals surface area contributed by atoms with Crippen molar-refractivity contribution in [3.63, 3.8) is 0 Å². The van der Waals surface area contributed by atoms with Gasteiger partial charge in [-0.25, -0.2) is 0 Å².